The van der Waals surface area contributed by atoms with E-state index in [1.807, 2.05) is 37.3 Å². The first kappa shape index (κ1) is 23.5. The maximum Gasteiger partial charge on any atom is 0.408 e. The van der Waals surface area contributed by atoms with Crippen LogP contribution in [0.2, 0.25) is 0 Å². The molecule has 1 heterocycles. The zero-order valence-corrected chi connectivity index (χ0v) is 18.6. The molecule has 0 saturated carbocycles. The molecule has 0 bridgehead atoms. The predicted molar refractivity (Wildman–Crippen MR) is 123 cm³/mol. The molecule has 9 heteroatoms. The fourth-order valence-electron chi connectivity index (χ4n) is 3.14. The molecule has 32 heavy (non-hydrogen) atoms. The van der Waals surface area contributed by atoms with E-state index in [4.69, 9.17) is 9.57 Å². The highest BCUT2D eigenvalue weighted by atomic mass is 32.2. The van der Waals surface area contributed by atoms with Crippen LogP contribution in [-0.4, -0.2) is 46.6 Å². The monoisotopic (exact) mass is 457 g/mol. The lowest BCUT2D eigenvalue weighted by Crippen LogP contribution is -2.49. The van der Waals surface area contributed by atoms with Gasteiger partial charge in [-0.15, -0.1) is 11.8 Å². The lowest BCUT2D eigenvalue weighted by Gasteiger charge is -2.19. The number of aromatic hydroxyl groups is 1. The zero-order chi connectivity index (χ0) is 22.8. The highest BCUT2D eigenvalue weighted by molar-refractivity contribution is 8.13. The van der Waals surface area contributed by atoms with Crippen LogP contribution in [0.15, 0.2) is 59.8 Å². The normalized spacial score (nSPS) is 15.9. The van der Waals surface area contributed by atoms with E-state index < -0.39 is 12.1 Å². The number of hydrogen-bond acceptors (Lipinski definition) is 7. The first-order valence-electron chi connectivity index (χ1n) is 10.4. The molecule has 3 N–H and O–H groups in total. The Morgan fingerprint density at radius 1 is 1.22 bits per heavy atom. The number of ether oxygens (including phenoxy) is 1. The molecule has 1 aliphatic heterocycles. The highest BCUT2D eigenvalue weighted by Gasteiger charge is 2.26. The van der Waals surface area contributed by atoms with E-state index in [1.165, 1.54) is 0 Å². The van der Waals surface area contributed by atoms with Crippen molar-refractivity contribution in [2.24, 2.45) is 5.16 Å². The first-order chi connectivity index (χ1) is 15.5. The molecule has 8 nitrogen and oxygen atoms in total. The van der Waals surface area contributed by atoms with Gasteiger partial charge >= 0.3 is 6.09 Å². The molecule has 2 unspecified atom stereocenters. The Kier molecular flexibility index (Phi) is 8.79. The number of carbonyl (C=O) groups excluding carboxylic acids is 2. The fraction of sp³-hybridized carbons (Fsp3) is 0.348. The number of alkyl carbamates (subject to hydrolysis) is 1. The summed E-state index contributed by atoms with van der Waals surface area (Å²) in [4.78, 5) is 30.6. The molecule has 0 fully saturated rings. The molecule has 170 valence electrons. The number of oxime groups is 1. The number of phenolic OH excluding ortho intramolecular Hbond substituents is 1. The summed E-state index contributed by atoms with van der Waals surface area (Å²) in [6.07, 6.45) is -0.0990. The maximum absolute atomic E-state index is 12.9. The minimum atomic E-state index is -0.883. The van der Waals surface area contributed by atoms with Crippen molar-refractivity contribution in [3.63, 3.8) is 0 Å². The summed E-state index contributed by atoms with van der Waals surface area (Å²) in [6, 6.07) is 15.0. The van der Waals surface area contributed by atoms with Crippen LogP contribution < -0.4 is 10.6 Å². The number of amides is 2. The Balaban J connectivity index is 1.57. The molecule has 0 saturated heterocycles. The van der Waals surface area contributed by atoms with Gasteiger partial charge in [0.05, 0.1) is 6.54 Å². The molecule has 2 aromatic rings. The van der Waals surface area contributed by atoms with Gasteiger partial charge in [0.25, 0.3) is 0 Å². The average molecular weight is 458 g/mol. The molecule has 3 rings (SSSR count). The van der Waals surface area contributed by atoms with Gasteiger partial charge in [-0.1, -0.05) is 54.5 Å². The van der Waals surface area contributed by atoms with Crippen molar-refractivity contribution in [1.82, 2.24) is 10.6 Å². The molecule has 2 atom stereocenters. The third kappa shape index (κ3) is 7.49. The summed E-state index contributed by atoms with van der Waals surface area (Å²) in [5.74, 6) is 0.624. The summed E-state index contributed by atoms with van der Waals surface area (Å²) < 4.78 is 5.26. The zero-order valence-electron chi connectivity index (χ0n) is 17.8. The predicted octanol–water partition coefficient (Wildman–Crippen LogP) is 3.20. The fourth-order valence-corrected chi connectivity index (χ4v) is 3.87. The number of phenols is 1. The van der Waals surface area contributed by atoms with Crippen LogP contribution in [-0.2, 0) is 27.4 Å². The minimum absolute atomic E-state index is 0.0887. The molecule has 0 spiro atoms. The van der Waals surface area contributed by atoms with Crippen LogP contribution in [0, 0.1) is 0 Å². The molecule has 2 amide bonds. The van der Waals surface area contributed by atoms with Crippen molar-refractivity contribution < 1.29 is 24.3 Å². The molecule has 0 aromatic heterocycles. The Morgan fingerprint density at radius 3 is 2.75 bits per heavy atom. The quantitative estimate of drug-likeness (QED) is 0.534. The number of hydrogen-bond donors (Lipinski definition) is 3. The summed E-state index contributed by atoms with van der Waals surface area (Å²) >= 11 is 1.61. The second-order valence-electron chi connectivity index (χ2n) is 7.23. The van der Waals surface area contributed by atoms with Crippen LogP contribution in [0.3, 0.4) is 0 Å². The van der Waals surface area contributed by atoms with Gasteiger partial charge in [-0.2, -0.15) is 0 Å². The largest absolute Gasteiger partial charge is 0.508 e. The van der Waals surface area contributed by atoms with Gasteiger partial charge in [0.2, 0.25) is 5.91 Å². The average Bonchev–Trinajstić information content (AvgIpc) is 3.24. The van der Waals surface area contributed by atoms with Crippen LogP contribution in [0.25, 0.3) is 0 Å². The Hall–Kier alpha value is -3.20. The molecule has 0 radical (unpaired) electrons. The molecule has 1 aliphatic rings. The molecular formula is C23H27N3O5S. The van der Waals surface area contributed by atoms with Crippen LogP contribution in [0.5, 0.6) is 5.75 Å². The lowest BCUT2D eigenvalue weighted by molar-refractivity contribution is -0.123. The number of rotatable bonds is 9. The minimum Gasteiger partial charge on any atom is -0.508 e. The Labute approximate surface area is 191 Å². The Bertz CT molecular complexity index is 938. The van der Waals surface area contributed by atoms with E-state index in [0.29, 0.717) is 12.0 Å². The number of nitrogens with one attached hydrogen (secondary N) is 2. The number of carbonyl (C=O) groups is 2. The molecule has 2 aromatic carbocycles. The lowest BCUT2D eigenvalue weighted by atomic mass is 10.0. The number of nitrogens with zero attached hydrogens (tertiary/aromatic N) is 1. The van der Waals surface area contributed by atoms with Crippen LogP contribution in [0.1, 0.15) is 24.5 Å². The summed E-state index contributed by atoms with van der Waals surface area (Å²) in [6.45, 7) is 2.41. The second-order valence-corrected chi connectivity index (χ2v) is 8.56. The van der Waals surface area contributed by atoms with Crippen LogP contribution >= 0.6 is 11.8 Å². The topological polar surface area (TPSA) is 109 Å². The number of thioether (sulfide) groups is 1. The van der Waals surface area contributed by atoms with E-state index in [1.54, 1.807) is 36.0 Å². The van der Waals surface area contributed by atoms with E-state index >= 15 is 0 Å². The van der Waals surface area contributed by atoms with Gasteiger partial charge < -0.3 is 25.3 Å². The van der Waals surface area contributed by atoms with E-state index in [2.05, 4.69) is 15.8 Å². The number of benzene rings is 2. The van der Waals surface area contributed by atoms with Crippen molar-refractivity contribution in [3.05, 3.63) is 65.7 Å². The maximum atomic E-state index is 12.9. The van der Waals surface area contributed by atoms with Gasteiger partial charge in [0, 0.05) is 12.8 Å². The summed E-state index contributed by atoms with van der Waals surface area (Å²) in [5, 5.41) is 20.1. The van der Waals surface area contributed by atoms with Crippen molar-refractivity contribution in [1.29, 1.82) is 0 Å². The van der Waals surface area contributed by atoms with Crippen molar-refractivity contribution in [2.45, 2.75) is 38.5 Å². The second kappa shape index (κ2) is 12.0. The molecular weight excluding hydrogens is 430 g/mol. The van der Waals surface area contributed by atoms with Gasteiger partial charge in [-0.05, 0) is 29.0 Å². The van der Waals surface area contributed by atoms with Crippen molar-refractivity contribution in [3.8, 4) is 5.75 Å². The smallest absolute Gasteiger partial charge is 0.408 e. The summed E-state index contributed by atoms with van der Waals surface area (Å²) in [7, 11) is 0. The standard InChI is InChI=1S/C23H27N3O5S/c1-2-32-21-13-19(31-26-21)14-24-22(28)20(12-17-9-6-10-18(27)11-17)25-23(29)30-15-16-7-4-3-5-8-16/h3-11,19-20,27H,2,12-15H2,1H3,(H,24,28)(H,25,29). The van der Waals surface area contributed by atoms with Gasteiger partial charge in [0.1, 0.15) is 23.4 Å². The third-order valence-corrected chi connectivity index (χ3v) is 5.56. The third-order valence-electron chi connectivity index (χ3n) is 4.69. The van der Waals surface area contributed by atoms with Gasteiger partial charge in [-0.25, -0.2) is 4.79 Å². The van der Waals surface area contributed by atoms with E-state index in [9.17, 15) is 14.7 Å². The van der Waals surface area contributed by atoms with E-state index in [-0.39, 0.29) is 37.3 Å². The Morgan fingerprint density at radius 2 is 2.00 bits per heavy atom. The first-order valence-corrected chi connectivity index (χ1v) is 11.4. The summed E-state index contributed by atoms with van der Waals surface area (Å²) in [5.41, 5.74) is 1.55. The van der Waals surface area contributed by atoms with Crippen LogP contribution in [0.4, 0.5) is 4.79 Å². The van der Waals surface area contributed by atoms with Gasteiger partial charge in [-0.3, -0.25) is 4.79 Å². The van der Waals surface area contributed by atoms with Crippen molar-refractivity contribution in [2.75, 3.05) is 12.3 Å². The SMILES string of the molecule is CCSC1=NOC(CNC(=O)C(Cc2cccc(O)c2)NC(=O)OCc2ccccc2)C1. The van der Waals surface area contributed by atoms with Gasteiger partial charge in [0.15, 0.2) is 6.10 Å². The highest BCUT2D eigenvalue weighted by Crippen LogP contribution is 2.18. The molecule has 0 aliphatic carbocycles. The van der Waals surface area contributed by atoms with Crippen molar-refractivity contribution >= 4 is 28.8 Å². The van der Waals surface area contributed by atoms with E-state index in [0.717, 1.165) is 16.4 Å².